The number of rotatable bonds is 9. The van der Waals surface area contributed by atoms with E-state index in [2.05, 4.69) is 4.98 Å². The summed E-state index contributed by atoms with van der Waals surface area (Å²) in [5.41, 5.74) is -1.56. The van der Waals surface area contributed by atoms with E-state index in [-0.39, 0.29) is 23.9 Å². The van der Waals surface area contributed by atoms with Gasteiger partial charge >= 0.3 is 17.8 Å². The molecule has 0 saturated carbocycles. The number of nitro groups is 1. The normalized spacial score (nSPS) is 12.2. The van der Waals surface area contributed by atoms with E-state index in [1.54, 1.807) is 17.0 Å². The Kier molecular flexibility index (Phi) is 8.07. The number of nitro benzene ring substituents is 1. The van der Waals surface area contributed by atoms with Crippen LogP contribution in [0.1, 0.15) is 12.5 Å². The fourth-order valence-corrected chi connectivity index (χ4v) is 3.33. The van der Waals surface area contributed by atoms with Crippen LogP contribution in [0, 0.1) is 10.1 Å². The number of esters is 1. The molecule has 0 radical (unpaired) electrons. The summed E-state index contributed by atoms with van der Waals surface area (Å²) < 4.78 is 56.5. The number of hydrogen-bond donors (Lipinski definition) is 0. The third kappa shape index (κ3) is 6.76. The second-order valence-corrected chi connectivity index (χ2v) is 7.80. The summed E-state index contributed by atoms with van der Waals surface area (Å²) in [6.07, 6.45) is -1.13. The molecular weight excluding hydrogens is 518 g/mol. The number of imidazole rings is 1. The molecule has 0 aliphatic rings. The first kappa shape index (κ1) is 26.1. The van der Waals surface area contributed by atoms with Crippen LogP contribution in [-0.2, 0) is 22.3 Å². The summed E-state index contributed by atoms with van der Waals surface area (Å²) in [6, 6.07) is 4.55. The molecule has 3 rings (SSSR count). The summed E-state index contributed by atoms with van der Waals surface area (Å²) >= 11 is 11.8. The highest BCUT2D eigenvalue weighted by atomic mass is 35.5. The van der Waals surface area contributed by atoms with Crippen molar-refractivity contribution in [2.75, 3.05) is 6.61 Å². The van der Waals surface area contributed by atoms with Gasteiger partial charge in [0.05, 0.1) is 33.4 Å². The van der Waals surface area contributed by atoms with Crippen LogP contribution in [0.4, 0.5) is 18.9 Å². The lowest BCUT2D eigenvalue weighted by atomic mass is 10.2. The molecule has 1 heterocycles. The summed E-state index contributed by atoms with van der Waals surface area (Å²) in [5, 5.41) is 10.5. The Morgan fingerprint density at radius 2 is 1.91 bits per heavy atom. The van der Waals surface area contributed by atoms with Crippen molar-refractivity contribution in [2.24, 2.45) is 0 Å². The molecule has 0 spiro atoms. The smallest absolute Gasteiger partial charge is 0.416 e. The van der Waals surface area contributed by atoms with Gasteiger partial charge in [0.1, 0.15) is 12.4 Å². The summed E-state index contributed by atoms with van der Waals surface area (Å²) in [4.78, 5) is 26.7. The Morgan fingerprint density at radius 1 is 1.23 bits per heavy atom. The number of carbonyl (C=O) groups excluding carboxylic acids is 1. The highest BCUT2D eigenvalue weighted by molar-refractivity contribution is 6.37. The minimum Gasteiger partial charge on any atom is -0.472 e. The fourth-order valence-electron chi connectivity index (χ4n) is 2.77. The van der Waals surface area contributed by atoms with Crippen LogP contribution in [-0.4, -0.2) is 33.2 Å². The van der Waals surface area contributed by atoms with Gasteiger partial charge < -0.3 is 18.8 Å². The molecule has 1 atom stereocenters. The molecule has 0 aliphatic heterocycles. The van der Waals surface area contributed by atoms with Gasteiger partial charge in [-0.25, -0.2) is 9.78 Å². The molecule has 2 aromatic carbocycles. The SMILES string of the molecule is CC(Oc1cc(Oc2c(Cl)cc(C(F)(F)F)cc2Cl)ccc1[N+](=O)[O-])C(=O)OCCn1ccnc1. The van der Waals surface area contributed by atoms with E-state index in [1.807, 2.05) is 0 Å². The van der Waals surface area contributed by atoms with Gasteiger partial charge in [0.15, 0.2) is 11.9 Å². The quantitative estimate of drug-likeness (QED) is 0.191. The van der Waals surface area contributed by atoms with Crippen LogP contribution in [0.2, 0.25) is 10.0 Å². The van der Waals surface area contributed by atoms with Crippen LogP contribution in [0.3, 0.4) is 0 Å². The number of ether oxygens (including phenoxy) is 3. The van der Waals surface area contributed by atoms with Gasteiger partial charge in [-0.1, -0.05) is 23.2 Å². The van der Waals surface area contributed by atoms with Crippen molar-refractivity contribution in [2.45, 2.75) is 25.7 Å². The molecule has 0 aliphatic carbocycles. The van der Waals surface area contributed by atoms with E-state index in [0.717, 1.165) is 12.1 Å². The van der Waals surface area contributed by atoms with E-state index < -0.39 is 44.5 Å². The van der Waals surface area contributed by atoms with Crippen LogP contribution < -0.4 is 9.47 Å². The van der Waals surface area contributed by atoms with E-state index in [9.17, 15) is 28.1 Å². The second kappa shape index (κ2) is 10.8. The Hall–Kier alpha value is -3.51. The Morgan fingerprint density at radius 3 is 2.49 bits per heavy atom. The molecule has 0 saturated heterocycles. The predicted octanol–water partition coefficient (Wildman–Crippen LogP) is 5.92. The van der Waals surface area contributed by atoms with E-state index in [0.29, 0.717) is 18.7 Å². The van der Waals surface area contributed by atoms with Crippen LogP contribution in [0.5, 0.6) is 17.2 Å². The number of aromatic nitrogens is 2. The van der Waals surface area contributed by atoms with Crippen molar-refractivity contribution in [1.29, 1.82) is 0 Å². The van der Waals surface area contributed by atoms with Gasteiger partial charge in [-0.15, -0.1) is 0 Å². The van der Waals surface area contributed by atoms with Gasteiger partial charge in [-0.3, -0.25) is 10.1 Å². The Balaban J connectivity index is 1.76. The largest absolute Gasteiger partial charge is 0.472 e. The molecule has 186 valence electrons. The second-order valence-electron chi connectivity index (χ2n) is 6.98. The molecule has 1 aromatic heterocycles. The van der Waals surface area contributed by atoms with Gasteiger partial charge in [0.2, 0.25) is 5.75 Å². The zero-order valence-electron chi connectivity index (χ0n) is 17.8. The topological polar surface area (TPSA) is 106 Å². The number of halogens is 5. The van der Waals surface area contributed by atoms with Gasteiger partial charge in [-0.2, -0.15) is 13.2 Å². The summed E-state index contributed by atoms with van der Waals surface area (Å²) in [6.45, 7) is 1.69. The van der Waals surface area contributed by atoms with Crippen molar-refractivity contribution >= 4 is 34.9 Å². The first-order valence-corrected chi connectivity index (χ1v) is 10.5. The minimum atomic E-state index is -4.68. The van der Waals surface area contributed by atoms with Crippen LogP contribution in [0.15, 0.2) is 49.1 Å². The zero-order valence-corrected chi connectivity index (χ0v) is 19.3. The molecule has 9 nitrogen and oxygen atoms in total. The Labute approximate surface area is 206 Å². The predicted molar refractivity (Wildman–Crippen MR) is 118 cm³/mol. The van der Waals surface area contributed by atoms with Gasteiger partial charge in [0.25, 0.3) is 0 Å². The third-order valence-electron chi connectivity index (χ3n) is 4.46. The lowest BCUT2D eigenvalue weighted by molar-refractivity contribution is -0.386. The lowest BCUT2D eigenvalue weighted by Crippen LogP contribution is -2.27. The fraction of sp³-hybridized carbons (Fsp3) is 0.238. The van der Waals surface area contributed by atoms with Gasteiger partial charge in [0, 0.05) is 24.5 Å². The maximum Gasteiger partial charge on any atom is 0.416 e. The van der Waals surface area contributed by atoms with Gasteiger partial charge in [-0.05, 0) is 25.1 Å². The van der Waals surface area contributed by atoms with Crippen molar-refractivity contribution in [3.05, 3.63) is 74.8 Å². The standard InChI is InChI=1S/C21H16Cl2F3N3O6/c1-12(20(30)33-7-6-28-5-4-27-11-28)34-18-10-14(2-3-17(18)29(31)32)35-19-15(22)8-13(9-16(19)23)21(24,25)26/h2-5,8-12H,6-7H2,1H3. The lowest BCUT2D eigenvalue weighted by Gasteiger charge is -2.16. The maximum atomic E-state index is 12.9. The van der Waals surface area contributed by atoms with E-state index >= 15 is 0 Å². The average Bonchev–Trinajstić information content (AvgIpc) is 3.28. The molecular formula is C21H16Cl2F3N3O6. The number of hydrogen-bond acceptors (Lipinski definition) is 7. The zero-order chi connectivity index (χ0) is 25.8. The number of alkyl halides is 3. The number of carbonyl (C=O) groups is 1. The molecule has 0 N–H and O–H groups in total. The van der Waals surface area contributed by atoms with Crippen molar-refractivity contribution in [3.63, 3.8) is 0 Å². The van der Waals surface area contributed by atoms with Crippen molar-refractivity contribution in [1.82, 2.24) is 9.55 Å². The molecule has 0 fully saturated rings. The monoisotopic (exact) mass is 533 g/mol. The molecule has 0 amide bonds. The highest BCUT2D eigenvalue weighted by Crippen LogP contribution is 2.43. The molecule has 14 heteroatoms. The van der Waals surface area contributed by atoms with E-state index in [4.69, 9.17) is 37.4 Å². The molecule has 0 bridgehead atoms. The molecule has 3 aromatic rings. The van der Waals surface area contributed by atoms with Crippen LogP contribution in [0.25, 0.3) is 0 Å². The average molecular weight is 534 g/mol. The first-order chi connectivity index (χ1) is 16.5. The van der Waals surface area contributed by atoms with Crippen LogP contribution >= 0.6 is 23.2 Å². The number of nitrogens with zero attached hydrogens (tertiary/aromatic N) is 3. The highest BCUT2D eigenvalue weighted by Gasteiger charge is 2.32. The summed E-state index contributed by atoms with van der Waals surface area (Å²) in [7, 11) is 0. The maximum absolute atomic E-state index is 12.9. The summed E-state index contributed by atoms with van der Waals surface area (Å²) in [5.74, 6) is -1.51. The Bertz CT molecular complexity index is 1200. The molecule has 35 heavy (non-hydrogen) atoms. The molecule has 1 unspecified atom stereocenters. The van der Waals surface area contributed by atoms with Crippen molar-refractivity contribution < 1.29 is 37.1 Å². The third-order valence-corrected chi connectivity index (χ3v) is 5.02. The first-order valence-electron chi connectivity index (χ1n) is 9.77. The minimum absolute atomic E-state index is 0.0130. The van der Waals surface area contributed by atoms with E-state index in [1.165, 1.54) is 19.3 Å². The van der Waals surface area contributed by atoms with Crippen molar-refractivity contribution in [3.8, 4) is 17.2 Å². The number of benzene rings is 2.